The zero-order valence-corrected chi connectivity index (χ0v) is 37.4. The van der Waals surface area contributed by atoms with Gasteiger partial charge in [0.2, 0.25) is 0 Å². The molecule has 0 radical (unpaired) electrons. The molecular formula is C50H38Br2O2S3. The number of thiophene rings is 3. The standard InChI is InChI=1S/C50H38Br2O2S3/c1-29-5-13-33(14-6-29)49(53,34-15-7-30(2)8-16-34)41-25-37(51)21-23-39(41)43-27-45-47(56-43)48-46(55-45)28-44(57-48)40-24-22-38(52)26-42(40)50(54,35-17-9-31(3)10-18-35)36-19-11-32(4)12-20-36/h5-28,53-54H,1-4H3. The van der Waals surface area contributed by atoms with E-state index in [0.717, 1.165) is 85.5 Å². The van der Waals surface area contributed by atoms with Crippen LogP contribution in [0.2, 0.25) is 0 Å². The lowest BCUT2D eigenvalue weighted by molar-refractivity contribution is 0.126. The maximum absolute atomic E-state index is 13.1. The number of fused-ring (bicyclic) bond motifs is 3. The molecule has 9 rings (SSSR count). The lowest BCUT2D eigenvalue weighted by Crippen LogP contribution is -2.29. The van der Waals surface area contributed by atoms with Gasteiger partial charge in [0.05, 0.1) is 9.40 Å². The van der Waals surface area contributed by atoms with Gasteiger partial charge in [-0.3, -0.25) is 0 Å². The van der Waals surface area contributed by atoms with Crippen molar-refractivity contribution in [1.82, 2.24) is 0 Å². The number of hydrogen-bond donors (Lipinski definition) is 2. The van der Waals surface area contributed by atoms with Crippen molar-refractivity contribution < 1.29 is 10.2 Å². The summed E-state index contributed by atoms with van der Waals surface area (Å²) in [6.07, 6.45) is 0. The van der Waals surface area contributed by atoms with Crippen LogP contribution in [0.4, 0.5) is 0 Å². The van der Waals surface area contributed by atoms with Crippen LogP contribution in [0.1, 0.15) is 55.6 Å². The lowest BCUT2D eigenvalue weighted by Gasteiger charge is -2.32. The van der Waals surface area contributed by atoms with E-state index in [4.69, 9.17) is 0 Å². The first kappa shape index (κ1) is 38.3. The van der Waals surface area contributed by atoms with Crippen LogP contribution in [0.25, 0.3) is 39.7 Å². The van der Waals surface area contributed by atoms with Gasteiger partial charge >= 0.3 is 0 Å². The van der Waals surface area contributed by atoms with Gasteiger partial charge in [-0.2, -0.15) is 0 Å². The van der Waals surface area contributed by atoms with E-state index in [-0.39, 0.29) is 0 Å². The molecule has 0 bridgehead atoms. The number of hydrogen-bond acceptors (Lipinski definition) is 5. The summed E-state index contributed by atoms with van der Waals surface area (Å²) < 4.78 is 6.72. The molecule has 2 nitrogen and oxygen atoms in total. The highest BCUT2D eigenvalue weighted by molar-refractivity contribution is 9.10. The summed E-state index contributed by atoms with van der Waals surface area (Å²) in [5.74, 6) is 0. The van der Waals surface area contributed by atoms with E-state index in [9.17, 15) is 10.2 Å². The van der Waals surface area contributed by atoms with Crippen LogP contribution in [0, 0.1) is 27.7 Å². The van der Waals surface area contributed by atoms with Gasteiger partial charge in [0.25, 0.3) is 0 Å². The third kappa shape index (κ3) is 6.77. The van der Waals surface area contributed by atoms with Gasteiger partial charge in [0, 0.05) is 39.2 Å². The second-order valence-electron chi connectivity index (χ2n) is 15.0. The van der Waals surface area contributed by atoms with Crippen LogP contribution in [-0.4, -0.2) is 10.2 Å². The van der Waals surface area contributed by atoms with Crippen LogP contribution in [0.5, 0.6) is 0 Å². The maximum atomic E-state index is 13.1. The Labute approximate surface area is 362 Å². The Bertz CT molecular complexity index is 2630. The van der Waals surface area contributed by atoms with E-state index in [1.165, 1.54) is 18.8 Å². The average Bonchev–Trinajstić information content (AvgIpc) is 3.90. The Morgan fingerprint density at radius 2 is 0.684 bits per heavy atom. The van der Waals surface area contributed by atoms with E-state index in [0.29, 0.717) is 0 Å². The van der Waals surface area contributed by atoms with E-state index < -0.39 is 11.2 Å². The van der Waals surface area contributed by atoms with Gasteiger partial charge in [-0.05, 0) is 97.5 Å². The van der Waals surface area contributed by atoms with Crippen molar-refractivity contribution in [3.63, 3.8) is 0 Å². The van der Waals surface area contributed by atoms with E-state index >= 15 is 0 Å². The van der Waals surface area contributed by atoms with Crippen molar-refractivity contribution in [2.24, 2.45) is 0 Å². The highest BCUT2D eigenvalue weighted by Gasteiger charge is 2.38. The van der Waals surface area contributed by atoms with Crippen molar-refractivity contribution in [1.29, 1.82) is 0 Å². The van der Waals surface area contributed by atoms with Gasteiger partial charge in [0.15, 0.2) is 0 Å². The molecule has 282 valence electrons. The summed E-state index contributed by atoms with van der Waals surface area (Å²) in [6.45, 7) is 8.28. The summed E-state index contributed by atoms with van der Waals surface area (Å²) in [5.41, 5.74) is 8.70. The van der Waals surface area contributed by atoms with Gasteiger partial charge in [0.1, 0.15) is 11.2 Å². The van der Waals surface area contributed by atoms with E-state index in [1.54, 1.807) is 34.0 Å². The molecule has 0 amide bonds. The first-order chi connectivity index (χ1) is 27.4. The summed E-state index contributed by atoms with van der Waals surface area (Å²) in [4.78, 5) is 2.20. The molecule has 0 saturated carbocycles. The minimum atomic E-state index is -1.40. The molecule has 0 aliphatic carbocycles. The fourth-order valence-corrected chi connectivity index (χ4v) is 12.6. The summed E-state index contributed by atoms with van der Waals surface area (Å²) in [5, 5.41) is 26.1. The Hall–Kier alpha value is -4.18. The van der Waals surface area contributed by atoms with Crippen molar-refractivity contribution in [2.45, 2.75) is 38.9 Å². The molecule has 3 aromatic heterocycles. The minimum Gasteiger partial charge on any atom is -0.376 e. The Kier molecular flexibility index (Phi) is 10.0. The molecule has 6 aromatic carbocycles. The summed E-state index contributed by atoms with van der Waals surface area (Å²) in [7, 11) is 0. The Morgan fingerprint density at radius 3 is 0.982 bits per heavy atom. The van der Waals surface area contributed by atoms with Crippen LogP contribution in [-0.2, 0) is 11.2 Å². The van der Waals surface area contributed by atoms with Gasteiger partial charge in [-0.1, -0.05) is 163 Å². The molecule has 0 aliphatic heterocycles. The summed E-state index contributed by atoms with van der Waals surface area (Å²) >= 11 is 12.8. The van der Waals surface area contributed by atoms with Crippen molar-refractivity contribution in [3.05, 3.63) is 210 Å². The second-order valence-corrected chi connectivity index (χ2v) is 20.0. The topological polar surface area (TPSA) is 40.5 Å². The SMILES string of the molecule is Cc1ccc(C(O)(c2ccc(C)cc2)c2cc(Br)ccc2-c2cc3sc4cc(-c5ccc(Br)cc5C(O)(c5ccc(C)cc5)c5ccc(C)cc5)sc4c3s2)cc1. The Balaban J connectivity index is 1.19. The maximum Gasteiger partial charge on any atom is 0.141 e. The lowest BCUT2D eigenvalue weighted by atomic mass is 9.78. The molecule has 0 fully saturated rings. The number of aryl methyl sites for hydroxylation is 4. The van der Waals surface area contributed by atoms with E-state index in [1.807, 2.05) is 48.5 Å². The van der Waals surface area contributed by atoms with Crippen molar-refractivity contribution in [2.75, 3.05) is 0 Å². The monoisotopic (exact) mass is 924 g/mol. The van der Waals surface area contributed by atoms with Crippen molar-refractivity contribution in [3.8, 4) is 20.9 Å². The number of aliphatic hydroxyl groups is 2. The molecule has 0 saturated heterocycles. The average molecular weight is 927 g/mol. The number of benzene rings is 6. The fraction of sp³-hybridized carbons (Fsp3) is 0.120. The minimum absolute atomic E-state index is 0.821. The highest BCUT2D eigenvalue weighted by atomic mass is 79.9. The smallest absolute Gasteiger partial charge is 0.141 e. The number of halogens is 2. The fourth-order valence-electron chi connectivity index (χ4n) is 7.80. The Morgan fingerprint density at radius 1 is 0.386 bits per heavy atom. The summed E-state index contributed by atoms with van der Waals surface area (Å²) in [6, 6.07) is 50.0. The van der Waals surface area contributed by atoms with Crippen LogP contribution < -0.4 is 0 Å². The molecule has 0 unspecified atom stereocenters. The third-order valence-corrected chi connectivity index (χ3v) is 15.8. The largest absolute Gasteiger partial charge is 0.376 e. The molecule has 0 spiro atoms. The molecule has 57 heavy (non-hydrogen) atoms. The molecule has 0 aliphatic rings. The molecule has 9 aromatic rings. The van der Waals surface area contributed by atoms with Gasteiger partial charge < -0.3 is 10.2 Å². The molecule has 2 N–H and O–H groups in total. The second kappa shape index (κ2) is 14.9. The van der Waals surface area contributed by atoms with Crippen LogP contribution in [0.3, 0.4) is 0 Å². The van der Waals surface area contributed by atoms with Crippen molar-refractivity contribution >= 4 is 84.7 Å². The third-order valence-electron chi connectivity index (χ3n) is 11.0. The predicted molar refractivity (Wildman–Crippen MR) is 250 cm³/mol. The zero-order valence-electron chi connectivity index (χ0n) is 31.7. The predicted octanol–water partition coefficient (Wildman–Crippen LogP) is 14.8. The molecule has 0 atom stereocenters. The zero-order chi connectivity index (χ0) is 39.6. The molecule has 3 heterocycles. The van der Waals surface area contributed by atoms with Gasteiger partial charge in [-0.15, -0.1) is 34.0 Å². The van der Waals surface area contributed by atoms with Gasteiger partial charge in [-0.25, -0.2) is 0 Å². The first-order valence-electron chi connectivity index (χ1n) is 18.7. The molecular weight excluding hydrogens is 889 g/mol. The molecule has 7 heteroatoms. The first-order valence-corrected chi connectivity index (χ1v) is 22.8. The normalized spacial score (nSPS) is 12.2. The van der Waals surface area contributed by atoms with Crippen LogP contribution in [0.15, 0.2) is 155 Å². The van der Waals surface area contributed by atoms with E-state index in [2.05, 4.69) is 157 Å². The number of rotatable bonds is 8. The highest BCUT2D eigenvalue weighted by Crippen LogP contribution is 2.52. The quantitative estimate of drug-likeness (QED) is 0.149. The van der Waals surface area contributed by atoms with Crippen LogP contribution >= 0.6 is 65.9 Å².